The lowest BCUT2D eigenvalue weighted by atomic mass is 10.2. The molecule has 0 radical (unpaired) electrons. The van der Waals surface area contributed by atoms with E-state index in [4.69, 9.17) is 21.1 Å². The van der Waals surface area contributed by atoms with Gasteiger partial charge in [-0.05, 0) is 38.5 Å². The molecular weight excluding hydrogens is 436 g/mol. The summed E-state index contributed by atoms with van der Waals surface area (Å²) in [6.07, 6.45) is 0.302. The van der Waals surface area contributed by atoms with Crippen molar-refractivity contribution in [3.63, 3.8) is 0 Å². The van der Waals surface area contributed by atoms with E-state index in [1.807, 2.05) is 0 Å². The zero-order valence-electron chi connectivity index (χ0n) is 16.7. The van der Waals surface area contributed by atoms with Gasteiger partial charge in [0, 0.05) is 26.1 Å². The fraction of sp³-hybridized carbons (Fsp3) is 0.526. The third-order valence-electron chi connectivity index (χ3n) is 4.87. The second kappa shape index (κ2) is 9.01. The van der Waals surface area contributed by atoms with Crippen LogP contribution in [0.2, 0.25) is 5.02 Å². The number of esters is 1. The van der Waals surface area contributed by atoms with E-state index in [2.05, 4.69) is 0 Å². The number of hydrogen-bond donors (Lipinski definition) is 0. The van der Waals surface area contributed by atoms with E-state index in [9.17, 15) is 22.8 Å². The first-order chi connectivity index (χ1) is 14.1. The maximum absolute atomic E-state index is 13.1. The molecule has 2 aliphatic rings. The summed E-state index contributed by atoms with van der Waals surface area (Å²) in [6.45, 7) is 3.57. The van der Waals surface area contributed by atoms with Crippen LogP contribution in [0.25, 0.3) is 0 Å². The Morgan fingerprint density at radius 3 is 2.50 bits per heavy atom. The predicted octanol–water partition coefficient (Wildman–Crippen LogP) is 1.44. The number of sulfonamides is 1. The van der Waals surface area contributed by atoms with Crippen LogP contribution in [0.4, 0.5) is 0 Å². The van der Waals surface area contributed by atoms with Crippen molar-refractivity contribution >= 4 is 39.4 Å². The number of morpholine rings is 1. The smallest absolute Gasteiger partial charge is 0.338 e. The molecule has 30 heavy (non-hydrogen) atoms. The summed E-state index contributed by atoms with van der Waals surface area (Å²) in [4.78, 5) is 36.8. The van der Waals surface area contributed by atoms with Gasteiger partial charge in [0.25, 0.3) is 5.91 Å². The highest BCUT2D eigenvalue weighted by Gasteiger charge is 2.34. The predicted molar refractivity (Wildman–Crippen MR) is 106 cm³/mol. The Morgan fingerprint density at radius 1 is 1.23 bits per heavy atom. The fourth-order valence-electron chi connectivity index (χ4n) is 3.49. The zero-order chi connectivity index (χ0) is 22.1. The minimum atomic E-state index is -3.97. The molecule has 2 heterocycles. The molecule has 0 aromatic heterocycles. The van der Waals surface area contributed by atoms with E-state index < -0.39 is 28.5 Å². The van der Waals surface area contributed by atoms with Gasteiger partial charge in [-0.3, -0.25) is 14.5 Å². The number of ether oxygens (including phenoxy) is 2. The zero-order valence-corrected chi connectivity index (χ0v) is 18.2. The van der Waals surface area contributed by atoms with Crippen molar-refractivity contribution in [3.05, 3.63) is 28.8 Å². The van der Waals surface area contributed by atoms with E-state index in [-0.39, 0.29) is 53.1 Å². The minimum Gasteiger partial charge on any atom is -0.452 e. The SMILES string of the molecule is CC1CN(S(=O)(=O)c2cc(C(=O)OCC(=O)N3CCCC3=O)ccc2Cl)CC(C)O1. The third kappa shape index (κ3) is 4.83. The number of nitrogens with zero attached hydrogens (tertiary/aromatic N) is 2. The summed E-state index contributed by atoms with van der Waals surface area (Å²) >= 11 is 6.12. The first-order valence-electron chi connectivity index (χ1n) is 9.55. The van der Waals surface area contributed by atoms with Crippen LogP contribution in [0.3, 0.4) is 0 Å². The van der Waals surface area contributed by atoms with Gasteiger partial charge in [-0.15, -0.1) is 0 Å². The molecule has 164 valence electrons. The van der Waals surface area contributed by atoms with Crippen LogP contribution in [-0.4, -0.2) is 73.9 Å². The van der Waals surface area contributed by atoms with Gasteiger partial charge in [0.15, 0.2) is 6.61 Å². The number of amides is 2. The number of benzene rings is 1. The molecular formula is C19H23ClN2O7S. The van der Waals surface area contributed by atoms with Crippen molar-refractivity contribution < 1.29 is 32.3 Å². The number of likely N-dealkylation sites (tertiary alicyclic amines) is 1. The van der Waals surface area contributed by atoms with Gasteiger partial charge in [-0.1, -0.05) is 11.6 Å². The molecule has 9 nitrogen and oxygen atoms in total. The second-order valence-electron chi connectivity index (χ2n) is 7.34. The van der Waals surface area contributed by atoms with E-state index in [1.165, 1.54) is 16.4 Å². The van der Waals surface area contributed by atoms with Crippen LogP contribution in [0.5, 0.6) is 0 Å². The molecule has 2 aliphatic heterocycles. The molecule has 1 aromatic carbocycles. The van der Waals surface area contributed by atoms with Crippen LogP contribution in [0, 0.1) is 0 Å². The van der Waals surface area contributed by atoms with Crippen molar-refractivity contribution in [3.8, 4) is 0 Å². The Balaban J connectivity index is 1.75. The molecule has 0 aliphatic carbocycles. The number of hydrogen-bond acceptors (Lipinski definition) is 7. The number of imide groups is 1. The molecule has 0 saturated carbocycles. The summed E-state index contributed by atoms with van der Waals surface area (Å²) in [6, 6.07) is 3.75. The molecule has 2 amide bonds. The maximum Gasteiger partial charge on any atom is 0.338 e. The quantitative estimate of drug-likeness (QED) is 0.614. The summed E-state index contributed by atoms with van der Waals surface area (Å²) < 4.78 is 38.0. The first kappa shape index (κ1) is 22.7. The Kier molecular flexibility index (Phi) is 6.81. The molecule has 2 saturated heterocycles. The molecule has 3 rings (SSSR count). The highest BCUT2D eigenvalue weighted by Crippen LogP contribution is 2.28. The monoisotopic (exact) mass is 458 g/mol. The summed E-state index contributed by atoms with van der Waals surface area (Å²) in [5.74, 6) is -1.79. The number of carbonyl (C=O) groups excluding carboxylic acids is 3. The van der Waals surface area contributed by atoms with Crippen LogP contribution in [0.1, 0.15) is 37.0 Å². The Bertz CT molecular complexity index is 956. The molecule has 11 heteroatoms. The number of halogens is 1. The number of carbonyl (C=O) groups is 3. The van der Waals surface area contributed by atoms with Crippen LogP contribution >= 0.6 is 11.6 Å². The van der Waals surface area contributed by atoms with Gasteiger partial charge >= 0.3 is 5.97 Å². The molecule has 0 N–H and O–H groups in total. The highest BCUT2D eigenvalue weighted by atomic mass is 35.5. The Morgan fingerprint density at radius 2 is 1.90 bits per heavy atom. The van der Waals surface area contributed by atoms with Crippen LogP contribution in [-0.2, 0) is 29.1 Å². The van der Waals surface area contributed by atoms with Crippen molar-refractivity contribution in [1.29, 1.82) is 0 Å². The van der Waals surface area contributed by atoms with Gasteiger partial charge in [0.2, 0.25) is 15.9 Å². The first-order valence-corrected chi connectivity index (χ1v) is 11.4. The van der Waals surface area contributed by atoms with Gasteiger partial charge in [0.05, 0.1) is 22.8 Å². The fourth-order valence-corrected chi connectivity index (χ4v) is 5.59. The molecule has 2 fully saturated rings. The highest BCUT2D eigenvalue weighted by molar-refractivity contribution is 7.89. The Labute approximate surface area is 179 Å². The van der Waals surface area contributed by atoms with E-state index in [0.29, 0.717) is 13.0 Å². The lowest BCUT2D eigenvalue weighted by Gasteiger charge is -2.34. The van der Waals surface area contributed by atoms with Crippen molar-refractivity contribution in [1.82, 2.24) is 9.21 Å². The van der Waals surface area contributed by atoms with Gasteiger partial charge < -0.3 is 9.47 Å². The lowest BCUT2D eigenvalue weighted by molar-refractivity contribution is -0.143. The molecule has 2 unspecified atom stereocenters. The third-order valence-corrected chi connectivity index (χ3v) is 7.19. The lowest BCUT2D eigenvalue weighted by Crippen LogP contribution is -2.48. The largest absolute Gasteiger partial charge is 0.452 e. The normalized spacial score (nSPS) is 22.9. The summed E-state index contributed by atoms with van der Waals surface area (Å²) in [5, 5.41) is -0.0305. The van der Waals surface area contributed by atoms with Crippen molar-refractivity contribution in [2.75, 3.05) is 26.2 Å². The molecule has 2 atom stereocenters. The van der Waals surface area contributed by atoms with Crippen molar-refractivity contribution in [2.45, 2.75) is 43.8 Å². The molecule has 0 bridgehead atoms. The average Bonchev–Trinajstić information content (AvgIpc) is 3.11. The van der Waals surface area contributed by atoms with E-state index in [1.54, 1.807) is 13.8 Å². The van der Waals surface area contributed by atoms with Crippen molar-refractivity contribution in [2.24, 2.45) is 0 Å². The van der Waals surface area contributed by atoms with E-state index >= 15 is 0 Å². The van der Waals surface area contributed by atoms with Gasteiger partial charge in [-0.2, -0.15) is 4.31 Å². The van der Waals surface area contributed by atoms with Gasteiger partial charge in [-0.25, -0.2) is 13.2 Å². The standard InChI is InChI=1S/C19H23ClN2O7S/c1-12-9-21(10-13(2)29-12)30(26,27)16-8-14(5-6-15(16)20)19(25)28-11-18(24)22-7-3-4-17(22)23/h5-6,8,12-13H,3-4,7,9-11H2,1-2H3. The molecule has 0 spiro atoms. The second-order valence-corrected chi connectivity index (χ2v) is 9.66. The Hall–Kier alpha value is -2.01. The van der Waals surface area contributed by atoms with Gasteiger partial charge in [0.1, 0.15) is 4.90 Å². The molecule has 1 aromatic rings. The topological polar surface area (TPSA) is 110 Å². The average molecular weight is 459 g/mol. The summed E-state index contributed by atoms with van der Waals surface area (Å²) in [7, 11) is -3.97. The maximum atomic E-state index is 13.1. The number of rotatable bonds is 5. The minimum absolute atomic E-state index is 0.0305. The summed E-state index contributed by atoms with van der Waals surface area (Å²) in [5.41, 5.74) is -0.0621. The van der Waals surface area contributed by atoms with Crippen LogP contribution in [0.15, 0.2) is 23.1 Å². The van der Waals surface area contributed by atoms with Crippen LogP contribution < -0.4 is 0 Å². The van der Waals surface area contributed by atoms with E-state index in [0.717, 1.165) is 11.0 Å².